The van der Waals surface area contributed by atoms with Crippen molar-refractivity contribution >= 4 is 26.6 Å². The third kappa shape index (κ3) is 7.15. The zero-order valence-corrected chi connectivity index (χ0v) is 18.4. The summed E-state index contributed by atoms with van der Waals surface area (Å²) in [5.41, 5.74) is 1.01. The average molecular weight is 404 g/mol. The smallest absolute Gasteiger partial charge is 0.191 e. The van der Waals surface area contributed by atoms with Gasteiger partial charge in [-0.05, 0) is 48.1 Å². The van der Waals surface area contributed by atoms with Crippen molar-refractivity contribution in [1.29, 1.82) is 0 Å². The fourth-order valence-electron chi connectivity index (χ4n) is 2.92. The van der Waals surface area contributed by atoms with Gasteiger partial charge in [0, 0.05) is 19.3 Å². The van der Waals surface area contributed by atoms with E-state index in [1.807, 2.05) is 19.1 Å². The zero-order chi connectivity index (χ0) is 20.8. The summed E-state index contributed by atoms with van der Waals surface area (Å²) in [6.45, 7) is 9.58. The van der Waals surface area contributed by atoms with Crippen LogP contribution in [0.3, 0.4) is 0 Å². The van der Waals surface area contributed by atoms with Crippen LogP contribution >= 0.6 is 0 Å². The Hall–Kier alpha value is -2.08. The molecule has 2 N–H and O–H groups in total. The molecular formula is C22H33N3O2S. The molecule has 1 unspecified atom stereocenters. The molecule has 0 heterocycles. The normalized spacial score (nSPS) is 14.1. The van der Waals surface area contributed by atoms with Crippen LogP contribution < -0.4 is 10.6 Å². The second kappa shape index (κ2) is 9.41. The highest BCUT2D eigenvalue weighted by atomic mass is 32.2. The van der Waals surface area contributed by atoms with Gasteiger partial charge in [-0.25, -0.2) is 8.42 Å². The van der Waals surface area contributed by atoms with E-state index in [1.165, 1.54) is 22.6 Å². The van der Waals surface area contributed by atoms with Crippen LogP contribution in [0, 0.1) is 5.41 Å². The molecule has 2 aromatic rings. The number of nitrogens with one attached hydrogen (secondary N) is 2. The van der Waals surface area contributed by atoms with E-state index >= 15 is 0 Å². The first kappa shape index (κ1) is 22.2. The maximum atomic E-state index is 11.5. The maximum absolute atomic E-state index is 11.5. The van der Waals surface area contributed by atoms with Crippen LogP contribution in [0.25, 0.3) is 10.8 Å². The first-order chi connectivity index (χ1) is 13.1. The van der Waals surface area contributed by atoms with Gasteiger partial charge in [-0.3, -0.25) is 4.99 Å². The van der Waals surface area contributed by atoms with Crippen molar-refractivity contribution in [2.45, 2.75) is 40.2 Å². The molecule has 0 radical (unpaired) electrons. The van der Waals surface area contributed by atoms with Crippen molar-refractivity contribution in [3.63, 3.8) is 0 Å². The van der Waals surface area contributed by atoms with E-state index < -0.39 is 9.84 Å². The van der Waals surface area contributed by atoms with Gasteiger partial charge in [-0.15, -0.1) is 0 Å². The molecule has 0 bridgehead atoms. The first-order valence-electron chi connectivity index (χ1n) is 9.81. The standard InChI is InChI=1S/C22H33N3O2S/c1-6-23-21(24-16-22(3,4)13-14-28(5,26)27)25-17(2)19-12-11-18-9-7-8-10-20(18)15-19/h7-12,15,17H,6,13-14,16H2,1-5H3,(H2,23,24,25). The molecule has 0 aliphatic heterocycles. The minimum absolute atomic E-state index is 0.0986. The van der Waals surface area contributed by atoms with Gasteiger partial charge in [0.05, 0.1) is 11.8 Å². The molecule has 0 fully saturated rings. The lowest BCUT2D eigenvalue weighted by atomic mass is 9.90. The summed E-state index contributed by atoms with van der Waals surface area (Å²) in [7, 11) is -2.96. The third-order valence-electron chi connectivity index (χ3n) is 4.79. The molecule has 0 spiro atoms. The van der Waals surface area contributed by atoms with E-state index in [4.69, 9.17) is 4.99 Å². The van der Waals surface area contributed by atoms with Crippen molar-refractivity contribution in [2.24, 2.45) is 10.4 Å². The Bertz CT molecular complexity index is 920. The van der Waals surface area contributed by atoms with E-state index in [1.54, 1.807) is 0 Å². The van der Waals surface area contributed by atoms with Crippen molar-refractivity contribution < 1.29 is 8.42 Å². The molecular weight excluding hydrogens is 370 g/mol. The minimum atomic E-state index is -2.96. The Balaban J connectivity index is 2.08. The molecule has 2 rings (SSSR count). The van der Waals surface area contributed by atoms with Gasteiger partial charge in [-0.2, -0.15) is 0 Å². The Labute approximate surface area is 169 Å². The Morgan fingerprint density at radius 2 is 1.82 bits per heavy atom. The summed E-state index contributed by atoms with van der Waals surface area (Å²) in [5, 5.41) is 9.20. The Kier molecular flexibility index (Phi) is 7.47. The van der Waals surface area contributed by atoms with Gasteiger partial charge in [0.1, 0.15) is 9.84 Å². The molecule has 0 aliphatic carbocycles. The number of fused-ring (bicyclic) bond motifs is 1. The largest absolute Gasteiger partial charge is 0.357 e. The van der Waals surface area contributed by atoms with Gasteiger partial charge < -0.3 is 10.6 Å². The number of hydrogen-bond acceptors (Lipinski definition) is 3. The molecule has 2 aromatic carbocycles. The molecule has 6 heteroatoms. The monoisotopic (exact) mass is 403 g/mol. The highest BCUT2D eigenvalue weighted by Gasteiger charge is 2.20. The van der Waals surface area contributed by atoms with Crippen LogP contribution in [0.2, 0.25) is 0 Å². The quantitative estimate of drug-likeness (QED) is 0.518. The van der Waals surface area contributed by atoms with Crippen LogP contribution in [0.1, 0.15) is 45.7 Å². The van der Waals surface area contributed by atoms with Crippen LogP contribution in [0.4, 0.5) is 0 Å². The minimum Gasteiger partial charge on any atom is -0.357 e. The van der Waals surface area contributed by atoms with Crippen molar-refractivity contribution in [2.75, 3.05) is 25.1 Å². The molecule has 0 aliphatic rings. The lowest BCUT2D eigenvalue weighted by molar-refractivity contribution is 0.365. The lowest BCUT2D eigenvalue weighted by Crippen LogP contribution is -2.39. The summed E-state index contributed by atoms with van der Waals surface area (Å²) < 4.78 is 22.9. The Morgan fingerprint density at radius 1 is 1.14 bits per heavy atom. The van der Waals surface area contributed by atoms with Gasteiger partial charge in [-0.1, -0.05) is 50.2 Å². The molecule has 0 saturated carbocycles. The number of guanidine groups is 1. The number of rotatable bonds is 8. The molecule has 0 amide bonds. The number of sulfone groups is 1. The molecule has 5 nitrogen and oxygen atoms in total. The second-order valence-corrected chi connectivity index (χ2v) is 10.5. The van der Waals surface area contributed by atoms with E-state index in [0.717, 1.165) is 12.5 Å². The number of aliphatic imine (C=N–C) groups is 1. The fourth-order valence-corrected chi connectivity index (χ4v) is 3.84. The highest BCUT2D eigenvalue weighted by Crippen LogP contribution is 2.22. The molecule has 0 saturated heterocycles. The van der Waals surface area contributed by atoms with Gasteiger partial charge >= 0.3 is 0 Å². The molecule has 0 aromatic heterocycles. The van der Waals surface area contributed by atoms with Crippen LogP contribution in [0.5, 0.6) is 0 Å². The first-order valence-corrected chi connectivity index (χ1v) is 11.9. The highest BCUT2D eigenvalue weighted by molar-refractivity contribution is 7.90. The molecule has 1 atom stereocenters. The van der Waals surface area contributed by atoms with Gasteiger partial charge in [0.15, 0.2) is 5.96 Å². The van der Waals surface area contributed by atoms with E-state index in [9.17, 15) is 8.42 Å². The molecule has 154 valence electrons. The van der Waals surface area contributed by atoms with Crippen molar-refractivity contribution in [1.82, 2.24) is 10.6 Å². The summed E-state index contributed by atoms with van der Waals surface area (Å²) in [6.07, 6.45) is 1.87. The van der Waals surface area contributed by atoms with Crippen molar-refractivity contribution in [3.05, 3.63) is 48.0 Å². The predicted molar refractivity (Wildman–Crippen MR) is 120 cm³/mol. The lowest BCUT2D eigenvalue weighted by Gasteiger charge is -2.24. The topological polar surface area (TPSA) is 70.6 Å². The van der Waals surface area contributed by atoms with E-state index in [-0.39, 0.29) is 17.2 Å². The van der Waals surface area contributed by atoms with E-state index in [0.29, 0.717) is 13.0 Å². The number of nitrogens with zero attached hydrogens (tertiary/aromatic N) is 1. The summed E-state index contributed by atoms with van der Waals surface area (Å²) in [4.78, 5) is 4.71. The zero-order valence-electron chi connectivity index (χ0n) is 17.6. The van der Waals surface area contributed by atoms with Gasteiger partial charge in [0.2, 0.25) is 0 Å². The fraction of sp³-hybridized carbons (Fsp3) is 0.500. The predicted octanol–water partition coefficient (Wildman–Crippen LogP) is 3.92. The SMILES string of the molecule is CCNC(=NCC(C)(C)CCS(C)(=O)=O)NC(C)c1ccc2ccccc2c1. The number of hydrogen-bond donors (Lipinski definition) is 2. The summed E-state index contributed by atoms with van der Waals surface area (Å²) >= 11 is 0. The van der Waals surface area contributed by atoms with Crippen LogP contribution in [-0.4, -0.2) is 39.5 Å². The number of benzene rings is 2. The summed E-state index contributed by atoms with van der Waals surface area (Å²) in [5.74, 6) is 0.933. The second-order valence-electron chi connectivity index (χ2n) is 8.21. The summed E-state index contributed by atoms with van der Waals surface area (Å²) in [6, 6.07) is 14.9. The van der Waals surface area contributed by atoms with E-state index in [2.05, 4.69) is 61.7 Å². The van der Waals surface area contributed by atoms with Crippen LogP contribution in [-0.2, 0) is 9.84 Å². The van der Waals surface area contributed by atoms with Crippen LogP contribution in [0.15, 0.2) is 47.5 Å². The maximum Gasteiger partial charge on any atom is 0.191 e. The third-order valence-corrected chi connectivity index (χ3v) is 5.73. The van der Waals surface area contributed by atoms with Crippen molar-refractivity contribution in [3.8, 4) is 0 Å². The van der Waals surface area contributed by atoms with Gasteiger partial charge in [0.25, 0.3) is 0 Å². The molecule has 28 heavy (non-hydrogen) atoms. The average Bonchev–Trinajstić information content (AvgIpc) is 2.64. The Morgan fingerprint density at radius 3 is 2.46 bits per heavy atom.